The van der Waals surface area contributed by atoms with Gasteiger partial charge in [0.25, 0.3) is 0 Å². The first kappa shape index (κ1) is 12.4. The predicted octanol–water partition coefficient (Wildman–Crippen LogP) is 2.67. The zero-order chi connectivity index (χ0) is 12.5. The summed E-state index contributed by atoms with van der Waals surface area (Å²) in [6.07, 6.45) is -2.74. The molecule has 0 saturated carbocycles. The Labute approximate surface area is 97.6 Å². The van der Waals surface area contributed by atoms with Crippen LogP contribution in [0.4, 0.5) is 13.2 Å². The van der Waals surface area contributed by atoms with Crippen molar-refractivity contribution < 1.29 is 17.9 Å². The summed E-state index contributed by atoms with van der Waals surface area (Å²) >= 11 is 0. The van der Waals surface area contributed by atoms with Gasteiger partial charge in [-0.2, -0.15) is 13.2 Å². The van der Waals surface area contributed by atoms with E-state index in [1.165, 1.54) is 12.1 Å². The summed E-state index contributed by atoms with van der Waals surface area (Å²) < 4.78 is 42.5. The normalized spacial score (nSPS) is 25.9. The van der Waals surface area contributed by atoms with Gasteiger partial charge in [-0.05, 0) is 30.5 Å². The van der Waals surface area contributed by atoms with Crippen LogP contribution in [0.2, 0.25) is 0 Å². The molecule has 0 spiro atoms. The Hall–Kier alpha value is -1.07. The van der Waals surface area contributed by atoms with Crippen LogP contribution >= 0.6 is 0 Å². The van der Waals surface area contributed by atoms with E-state index in [0.29, 0.717) is 18.8 Å². The van der Waals surface area contributed by atoms with E-state index in [4.69, 9.17) is 10.5 Å². The summed E-state index contributed by atoms with van der Waals surface area (Å²) in [5.74, 6) is 0. The first-order chi connectivity index (χ1) is 7.92. The lowest BCUT2D eigenvalue weighted by molar-refractivity contribution is -0.137. The molecular formula is C12H14F3NO. The van der Waals surface area contributed by atoms with Crippen molar-refractivity contribution >= 4 is 0 Å². The third kappa shape index (κ3) is 2.61. The van der Waals surface area contributed by atoms with Crippen LogP contribution in [0.25, 0.3) is 0 Å². The fourth-order valence-corrected chi connectivity index (χ4v) is 2.03. The summed E-state index contributed by atoms with van der Waals surface area (Å²) in [7, 11) is 0. The first-order valence-corrected chi connectivity index (χ1v) is 5.46. The summed E-state index contributed by atoms with van der Waals surface area (Å²) in [6.45, 7) is 1.03. The van der Waals surface area contributed by atoms with Gasteiger partial charge in [0, 0.05) is 6.61 Å². The standard InChI is InChI=1S/C12H14F3NO/c13-12(14,15)10-4-2-9(3-5-10)11(16)6-1-7-17-8-11/h2-5H,1,6-8,16H2. The molecule has 1 aliphatic rings. The second kappa shape index (κ2) is 4.31. The van der Waals surface area contributed by atoms with E-state index in [2.05, 4.69) is 0 Å². The largest absolute Gasteiger partial charge is 0.416 e. The summed E-state index contributed by atoms with van der Waals surface area (Å²) in [5.41, 5.74) is 5.53. The number of rotatable bonds is 1. The first-order valence-electron chi connectivity index (χ1n) is 5.46. The molecule has 1 aromatic carbocycles. The van der Waals surface area contributed by atoms with Crippen molar-refractivity contribution in [2.75, 3.05) is 13.2 Å². The zero-order valence-corrected chi connectivity index (χ0v) is 9.26. The predicted molar refractivity (Wildman–Crippen MR) is 57.4 cm³/mol. The third-order valence-corrected chi connectivity index (χ3v) is 3.06. The molecule has 1 aliphatic heterocycles. The molecule has 2 nitrogen and oxygen atoms in total. The van der Waals surface area contributed by atoms with Gasteiger partial charge in [-0.25, -0.2) is 0 Å². The number of benzene rings is 1. The van der Waals surface area contributed by atoms with Gasteiger partial charge in [-0.1, -0.05) is 12.1 Å². The number of halogens is 3. The number of alkyl halides is 3. The van der Waals surface area contributed by atoms with E-state index in [9.17, 15) is 13.2 Å². The van der Waals surface area contributed by atoms with Crippen molar-refractivity contribution in [3.05, 3.63) is 35.4 Å². The maximum absolute atomic E-state index is 12.4. The summed E-state index contributed by atoms with van der Waals surface area (Å²) in [5, 5.41) is 0. The quantitative estimate of drug-likeness (QED) is 0.825. The van der Waals surface area contributed by atoms with Crippen LogP contribution in [0.15, 0.2) is 24.3 Å². The highest BCUT2D eigenvalue weighted by Gasteiger charge is 2.33. The van der Waals surface area contributed by atoms with Gasteiger partial charge < -0.3 is 10.5 Å². The number of nitrogens with two attached hydrogens (primary N) is 1. The minimum atomic E-state index is -4.30. The van der Waals surface area contributed by atoms with Crippen molar-refractivity contribution in [3.8, 4) is 0 Å². The molecule has 1 saturated heterocycles. The van der Waals surface area contributed by atoms with Gasteiger partial charge in [0.05, 0.1) is 17.7 Å². The van der Waals surface area contributed by atoms with Gasteiger partial charge in [0.15, 0.2) is 0 Å². The third-order valence-electron chi connectivity index (χ3n) is 3.06. The molecule has 94 valence electrons. The molecule has 0 aliphatic carbocycles. The molecular weight excluding hydrogens is 231 g/mol. The Morgan fingerprint density at radius 3 is 2.29 bits per heavy atom. The maximum Gasteiger partial charge on any atom is 0.416 e. The SMILES string of the molecule is NC1(c2ccc(C(F)(F)F)cc2)CCCOC1. The monoisotopic (exact) mass is 245 g/mol. The maximum atomic E-state index is 12.4. The molecule has 1 atom stereocenters. The minimum absolute atomic E-state index is 0.359. The lowest BCUT2D eigenvalue weighted by atomic mass is 9.85. The minimum Gasteiger partial charge on any atom is -0.379 e. The number of ether oxygens (including phenoxy) is 1. The number of hydrogen-bond acceptors (Lipinski definition) is 2. The zero-order valence-electron chi connectivity index (χ0n) is 9.26. The van der Waals surface area contributed by atoms with E-state index in [1.807, 2.05) is 0 Å². The second-order valence-corrected chi connectivity index (χ2v) is 4.39. The van der Waals surface area contributed by atoms with Crippen molar-refractivity contribution in [3.63, 3.8) is 0 Å². The Balaban J connectivity index is 2.23. The fourth-order valence-electron chi connectivity index (χ4n) is 2.03. The Morgan fingerprint density at radius 1 is 1.18 bits per heavy atom. The van der Waals surface area contributed by atoms with Crippen LogP contribution in [0.1, 0.15) is 24.0 Å². The molecule has 2 N–H and O–H groups in total. The topological polar surface area (TPSA) is 35.2 Å². The highest BCUT2D eigenvalue weighted by molar-refractivity contribution is 5.30. The van der Waals surface area contributed by atoms with E-state index < -0.39 is 17.3 Å². The van der Waals surface area contributed by atoms with Crippen molar-refractivity contribution in [1.29, 1.82) is 0 Å². The van der Waals surface area contributed by atoms with Gasteiger partial charge in [0.1, 0.15) is 0 Å². The van der Waals surface area contributed by atoms with E-state index >= 15 is 0 Å². The molecule has 1 fully saturated rings. The highest BCUT2D eigenvalue weighted by Crippen LogP contribution is 2.32. The van der Waals surface area contributed by atoms with Crippen molar-refractivity contribution in [2.45, 2.75) is 24.6 Å². The summed E-state index contributed by atoms with van der Waals surface area (Å²) in [6, 6.07) is 5.02. The van der Waals surface area contributed by atoms with Crippen molar-refractivity contribution in [2.24, 2.45) is 5.73 Å². The molecule has 0 amide bonds. The molecule has 17 heavy (non-hydrogen) atoms. The molecule has 1 unspecified atom stereocenters. The van der Waals surface area contributed by atoms with Gasteiger partial charge in [0.2, 0.25) is 0 Å². The Bertz CT molecular complexity index is 380. The van der Waals surface area contributed by atoms with Gasteiger partial charge >= 0.3 is 6.18 Å². The van der Waals surface area contributed by atoms with Gasteiger partial charge in [-0.3, -0.25) is 0 Å². The van der Waals surface area contributed by atoms with Crippen LogP contribution in [-0.2, 0) is 16.5 Å². The molecule has 5 heteroatoms. The summed E-state index contributed by atoms with van der Waals surface area (Å²) in [4.78, 5) is 0. The van der Waals surface area contributed by atoms with Crippen LogP contribution < -0.4 is 5.73 Å². The van der Waals surface area contributed by atoms with Gasteiger partial charge in [-0.15, -0.1) is 0 Å². The Kier molecular flexibility index (Phi) is 3.14. The second-order valence-electron chi connectivity index (χ2n) is 4.39. The fraction of sp³-hybridized carbons (Fsp3) is 0.500. The van der Waals surface area contributed by atoms with Crippen LogP contribution in [0.3, 0.4) is 0 Å². The molecule has 2 rings (SSSR count). The van der Waals surface area contributed by atoms with Crippen LogP contribution in [-0.4, -0.2) is 13.2 Å². The molecule has 1 heterocycles. The van der Waals surface area contributed by atoms with Crippen LogP contribution in [0, 0.1) is 0 Å². The molecule has 1 aromatic rings. The Morgan fingerprint density at radius 2 is 1.82 bits per heavy atom. The number of hydrogen-bond donors (Lipinski definition) is 1. The molecule has 0 aromatic heterocycles. The lowest BCUT2D eigenvalue weighted by Crippen LogP contribution is -2.44. The average Bonchev–Trinajstić information content (AvgIpc) is 2.29. The van der Waals surface area contributed by atoms with E-state index in [0.717, 1.165) is 25.0 Å². The van der Waals surface area contributed by atoms with E-state index in [1.54, 1.807) is 0 Å². The van der Waals surface area contributed by atoms with Crippen LogP contribution in [0.5, 0.6) is 0 Å². The van der Waals surface area contributed by atoms with Crippen molar-refractivity contribution in [1.82, 2.24) is 0 Å². The smallest absolute Gasteiger partial charge is 0.379 e. The lowest BCUT2D eigenvalue weighted by Gasteiger charge is -2.33. The highest BCUT2D eigenvalue weighted by atomic mass is 19.4. The average molecular weight is 245 g/mol. The molecule has 0 bridgehead atoms. The van der Waals surface area contributed by atoms with E-state index in [-0.39, 0.29) is 0 Å². The molecule has 0 radical (unpaired) electrons.